The van der Waals surface area contributed by atoms with Crippen molar-refractivity contribution in [3.63, 3.8) is 0 Å². The molecule has 0 fully saturated rings. The summed E-state index contributed by atoms with van der Waals surface area (Å²) in [6.07, 6.45) is 2.50. The Morgan fingerprint density at radius 2 is 1.95 bits per heavy atom. The number of benzene rings is 1. The Bertz CT molecular complexity index is 571. The lowest BCUT2D eigenvalue weighted by molar-refractivity contribution is 0.197. The summed E-state index contributed by atoms with van der Waals surface area (Å²) < 4.78 is 5.00. The van der Waals surface area contributed by atoms with E-state index in [9.17, 15) is 0 Å². The lowest BCUT2D eigenvalue weighted by atomic mass is 10.0. The Balaban J connectivity index is 1.94. The molecule has 6 nitrogen and oxygen atoms in total. The summed E-state index contributed by atoms with van der Waals surface area (Å²) in [6, 6.07) is 8.32. The van der Waals surface area contributed by atoms with Gasteiger partial charge in [0.05, 0.1) is 6.20 Å². The lowest BCUT2D eigenvalue weighted by Crippen LogP contribution is -2.09. The summed E-state index contributed by atoms with van der Waals surface area (Å²) in [7, 11) is 1.69. The molecule has 0 bridgehead atoms. The van der Waals surface area contributed by atoms with Gasteiger partial charge < -0.3 is 15.4 Å². The van der Waals surface area contributed by atoms with Crippen molar-refractivity contribution in [2.45, 2.75) is 26.2 Å². The number of nitrogens with one attached hydrogen (secondary N) is 2. The Labute approximate surface area is 131 Å². The predicted molar refractivity (Wildman–Crippen MR) is 88.6 cm³/mol. The molecular weight excluding hydrogens is 278 g/mol. The summed E-state index contributed by atoms with van der Waals surface area (Å²) in [6.45, 7) is 5.82. The standard InChI is InChI=1S/C16H23N5O/c1-12(2)13-5-7-14(8-6-13)19-15-11-18-21-16(20-15)17-9-4-10-22-3/h5-8,11-12H,4,9-10H2,1-3H3,(H2,17,19,20,21). The van der Waals surface area contributed by atoms with Gasteiger partial charge in [0.15, 0.2) is 5.82 Å². The molecule has 0 saturated carbocycles. The number of ether oxygens (including phenoxy) is 1. The van der Waals surface area contributed by atoms with Crippen LogP contribution in [0.15, 0.2) is 30.5 Å². The minimum Gasteiger partial charge on any atom is -0.385 e. The normalized spacial score (nSPS) is 10.7. The fourth-order valence-electron chi connectivity index (χ4n) is 1.95. The van der Waals surface area contributed by atoms with Gasteiger partial charge in [0.1, 0.15) is 0 Å². The first-order chi connectivity index (χ1) is 10.7. The van der Waals surface area contributed by atoms with Crippen LogP contribution in [0.2, 0.25) is 0 Å². The van der Waals surface area contributed by atoms with Gasteiger partial charge >= 0.3 is 0 Å². The van der Waals surface area contributed by atoms with E-state index in [1.165, 1.54) is 5.56 Å². The van der Waals surface area contributed by atoms with E-state index in [2.05, 4.69) is 51.8 Å². The van der Waals surface area contributed by atoms with E-state index < -0.39 is 0 Å². The number of rotatable bonds is 8. The van der Waals surface area contributed by atoms with Crippen molar-refractivity contribution in [2.24, 2.45) is 0 Å². The van der Waals surface area contributed by atoms with Gasteiger partial charge in [-0.1, -0.05) is 26.0 Å². The van der Waals surface area contributed by atoms with Gasteiger partial charge in [0.2, 0.25) is 5.95 Å². The molecule has 6 heteroatoms. The minimum atomic E-state index is 0.514. The first-order valence-corrected chi connectivity index (χ1v) is 7.48. The number of anilines is 3. The molecule has 0 aliphatic heterocycles. The molecule has 0 amide bonds. The number of aromatic nitrogens is 3. The maximum absolute atomic E-state index is 5.00. The van der Waals surface area contributed by atoms with E-state index >= 15 is 0 Å². The van der Waals surface area contributed by atoms with E-state index in [4.69, 9.17) is 4.74 Å². The van der Waals surface area contributed by atoms with Crippen molar-refractivity contribution in [3.05, 3.63) is 36.0 Å². The largest absolute Gasteiger partial charge is 0.385 e. The average molecular weight is 301 g/mol. The maximum atomic E-state index is 5.00. The summed E-state index contributed by atoms with van der Waals surface area (Å²) in [4.78, 5) is 4.39. The highest BCUT2D eigenvalue weighted by Gasteiger charge is 2.02. The van der Waals surface area contributed by atoms with E-state index in [1.54, 1.807) is 13.3 Å². The quantitative estimate of drug-likeness (QED) is 0.730. The monoisotopic (exact) mass is 301 g/mol. The fourth-order valence-corrected chi connectivity index (χ4v) is 1.95. The summed E-state index contributed by atoms with van der Waals surface area (Å²) >= 11 is 0. The van der Waals surface area contributed by atoms with Gasteiger partial charge in [-0.05, 0) is 30.0 Å². The zero-order chi connectivity index (χ0) is 15.8. The van der Waals surface area contributed by atoms with Crippen LogP contribution in [0.5, 0.6) is 0 Å². The second kappa shape index (κ2) is 8.29. The van der Waals surface area contributed by atoms with Crippen molar-refractivity contribution in [1.29, 1.82) is 0 Å². The average Bonchev–Trinajstić information content (AvgIpc) is 2.52. The van der Waals surface area contributed by atoms with Gasteiger partial charge in [-0.3, -0.25) is 0 Å². The van der Waals surface area contributed by atoms with Gasteiger partial charge in [0.25, 0.3) is 0 Å². The maximum Gasteiger partial charge on any atom is 0.244 e. The molecule has 1 aromatic carbocycles. The molecular formula is C16H23N5O. The molecule has 0 radical (unpaired) electrons. The molecule has 2 N–H and O–H groups in total. The second-order valence-corrected chi connectivity index (χ2v) is 5.34. The molecule has 0 aliphatic carbocycles. The highest BCUT2D eigenvalue weighted by Crippen LogP contribution is 2.19. The molecule has 0 aliphatic rings. The van der Waals surface area contributed by atoms with Crippen LogP contribution in [0, 0.1) is 0 Å². The number of hydrogen-bond donors (Lipinski definition) is 2. The smallest absolute Gasteiger partial charge is 0.244 e. The molecule has 0 saturated heterocycles. The first-order valence-electron chi connectivity index (χ1n) is 7.48. The fraction of sp³-hybridized carbons (Fsp3) is 0.438. The van der Waals surface area contributed by atoms with E-state index in [1.807, 2.05) is 12.1 Å². The van der Waals surface area contributed by atoms with Crippen molar-refractivity contribution >= 4 is 17.5 Å². The Morgan fingerprint density at radius 3 is 2.64 bits per heavy atom. The van der Waals surface area contributed by atoms with Crippen molar-refractivity contribution in [2.75, 3.05) is 30.9 Å². The van der Waals surface area contributed by atoms with Crippen molar-refractivity contribution < 1.29 is 4.74 Å². The van der Waals surface area contributed by atoms with Gasteiger partial charge in [0, 0.05) is 25.9 Å². The van der Waals surface area contributed by atoms with Crippen LogP contribution in [-0.2, 0) is 4.74 Å². The summed E-state index contributed by atoms with van der Waals surface area (Å²) in [5.74, 6) is 1.71. The molecule has 2 rings (SSSR count). The third-order valence-electron chi connectivity index (χ3n) is 3.22. The summed E-state index contributed by atoms with van der Waals surface area (Å²) in [5, 5.41) is 14.3. The molecule has 118 valence electrons. The SMILES string of the molecule is COCCCNc1nncc(Nc2ccc(C(C)C)cc2)n1. The van der Waals surface area contributed by atoms with Crippen LogP contribution in [0.3, 0.4) is 0 Å². The number of nitrogens with zero attached hydrogens (tertiary/aromatic N) is 3. The van der Waals surface area contributed by atoms with Crippen molar-refractivity contribution in [1.82, 2.24) is 15.2 Å². The summed E-state index contributed by atoms with van der Waals surface area (Å²) in [5.41, 5.74) is 2.29. The molecule has 0 spiro atoms. The second-order valence-electron chi connectivity index (χ2n) is 5.34. The van der Waals surface area contributed by atoms with E-state index in [0.717, 1.165) is 18.7 Å². The van der Waals surface area contributed by atoms with Crippen LogP contribution >= 0.6 is 0 Å². The topological polar surface area (TPSA) is 72.0 Å². The van der Waals surface area contributed by atoms with Crippen LogP contribution < -0.4 is 10.6 Å². The molecule has 2 aromatic rings. The Morgan fingerprint density at radius 1 is 1.18 bits per heavy atom. The molecule has 1 aromatic heterocycles. The van der Waals surface area contributed by atoms with Gasteiger partial charge in [-0.2, -0.15) is 10.1 Å². The zero-order valence-corrected chi connectivity index (χ0v) is 13.3. The van der Waals surface area contributed by atoms with Crippen LogP contribution in [0.4, 0.5) is 17.5 Å². The molecule has 0 unspecified atom stereocenters. The third-order valence-corrected chi connectivity index (χ3v) is 3.22. The van der Waals surface area contributed by atoms with Gasteiger partial charge in [-0.25, -0.2) is 0 Å². The third kappa shape index (κ3) is 4.96. The molecule has 1 heterocycles. The van der Waals surface area contributed by atoms with E-state index in [-0.39, 0.29) is 0 Å². The van der Waals surface area contributed by atoms with Gasteiger partial charge in [-0.15, -0.1) is 5.10 Å². The first kappa shape index (κ1) is 16.2. The van der Waals surface area contributed by atoms with Crippen LogP contribution in [-0.4, -0.2) is 35.4 Å². The Kier molecular flexibility index (Phi) is 6.09. The zero-order valence-electron chi connectivity index (χ0n) is 13.3. The highest BCUT2D eigenvalue weighted by atomic mass is 16.5. The van der Waals surface area contributed by atoms with E-state index in [0.29, 0.717) is 24.3 Å². The lowest BCUT2D eigenvalue weighted by Gasteiger charge is -2.09. The van der Waals surface area contributed by atoms with Crippen LogP contribution in [0.1, 0.15) is 31.7 Å². The minimum absolute atomic E-state index is 0.514. The number of hydrogen-bond acceptors (Lipinski definition) is 6. The van der Waals surface area contributed by atoms with Crippen molar-refractivity contribution in [3.8, 4) is 0 Å². The molecule has 22 heavy (non-hydrogen) atoms. The Hall–Kier alpha value is -2.21. The molecule has 0 atom stereocenters. The predicted octanol–water partition coefficient (Wildman–Crippen LogP) is 3.19. The highest BCUT2D eigenvalue weighted by molar-refractivity contribution is 5.56. The van der Waals surface area contributed by atoms with Crippen LogP contribution in [0.25, 0.3) is 0 Å². The number of methoxy groups -OCH3 is 1.